The highest BCUT2D eigenvalue weighted by atomic mass is 16.3. The van der Waals surface area contributed by atoms with Gasteiger partial charge in [-0.2, -0.15) is 0 Å². The van der Waals surface area contributed by atoms with E-state index >= 15 is 0 Å². The van der Waals surface area contributed by atoms with Gasteiger partial charge in [-0.05, 0) is 57.7 Å². The van der Waals surface area contributed by atoms with Gasteiger partial charge < -0.3 is 5.11 Å². The average Bonchev–Trinajstić information content (AvgIpc) is 3.48. The van der Waals surface area contributed by atoms with Crippen LogP contribution in [-0.4, -0.2) is 35.3 Å². The number of aliphatic hydroxyl groups is 1. The number of nitrogens with one attached hydrogen (secondary N) is 1. The van der Waals surface area contributed by atoms with Gasteiger partial charge in [-0.1, -0.05) is 74.9 Å². The topological polar surface area (TPSA) is 110 Å². The van der Waals surface area contributed by atoms with Crippen LogP contribution in [0.2, 0.25) is 0 Å². The van der Waals surface area contributed by atoms with Crippen molar-refractivity contribution in [2.75, 3.05) is 0 Å². The van der Waals surface area contributed by atoms with Crippen LogP contribution in [0, 0.1) is 0 Å². The maximum absolute atomic E-state index is 13.7. The first-order valence-corrected chi connectivity index (χ1v) is 12.7. The van der Waals surface area contributed by atoms with Crippen LogP contribution in [0.1, 0.15) is 56.2 Å². The molecule has 1 unspecified atom stereocenters. The number of hydrogen-bond acceptors (Lipinski definition) is 6. The molecule has 8 heteroatoms. The molecule has 0 aliphatic heterocycles. The fraction of sp³-hybridized carbons (Fsp3) is 0.276. The summed E-state index contributed by atoms with van der Waals surface area (Å²) in [6.07, 6.45) is 2.70. The zero-order valence-electron chi connectivity index (χ0n) is 21.1. The Labute approximate surface area is 215 Å². The Hall–Kier alpha value is -4.17. The van der Waals surface area contributed by atoms with Crippen LogP contribution >= 0.6 is 0 Å². The fourth-order valence-corrected chi connectivity index (χ4v) is 4.60. The van der Waals surface area contributed by atoms with Crippen LogP contribution in [0.25, 0.3) is 33.4 Å². The van der Waals surface area contributed by atoms with Crippen LogP contribution in [-0.2, 0) is 13.0 Å². The zero-order valence-corrected chi connectivity index (χ0v) is 21.1. The Balaban J connectivity index is 1.51. The highest BCUT2D eigenvalue weighted by Gasteiger charge is 2.15. The largest absolute Gasteiger partial charge is 0.388 e. The molecule has 0 radical (unpaired) electrons. The first-order valence-electron chi connectivity index (χ1n) is 12.7. The summed E-state index contributed by atoms with van der Waals surface area (Å²) < 4.78 is 1.78. The predicted octanol–water partition coefficient (Wildman–Crippen LogP) is 5.08. The lowest BCUT2D eigenvalue weighted by Crippen LogP contribution is -2.26. The average molecular weight is 495 g/mol. The third-order valence-corrected chi connectivity index (χ3v) is 6.72. The Morgan fingerprint density at radius 3 is 2.49 bits per heavy atom. The lowest BCUT2D eigenvalue weighted by Gasteiger charge is -2.15. The van der Waals surface area contributed by atoms with Crippen LogP contribution in [0.15, 0.2) is 71.5 Å². The lowest BCUT2D eigenvalue weighted by molar-refractivity contribution is 0.174. The van der Waals surface area contributed by atoms with E-state index in [4.69, 9.17) is 4.98 Å². The molecule has 188 valence electrons. The summed E-state index contributed by atoms with van der Waals surface area (Å²) in [5, 5.41) is 25.1. The monoisotopic (exact) mass is 494 g/mol. The van der Waals surface area contributed by atoms with E-state index in [1.54, 1.807) is 10.6 Å². The summed E-state index contributed by atoms with van der Waals surface area (Å²) in [5.41, 5.74) is 5.32. The third kappa shape index (κ3) is 5.06. The van der Waals surface area contributed by atoms with Crippen molar-refractivity contribution in [3.63, 3.8) is 0 Å². The van der Waals surface area contributed by atoms with E-state index in [0.717, 1.165) is 52.9 Å². The minimum atomic E-state index is -0.597. The zero-order chi connectivity index (χ0) is 25.8. The Morgan fingerprint density at radius 1 is 1.00 bits per heavy atom. The first-order chi connectivity index (χ1) is 18.1. The van der Waals surface area contributed by atoms with E-state index in [-0.39, 0.29) is 5.56 Å². The van der Waals surface area contributed by atoms with E-state index in [2.05, 4.69) is 39.7 Å². The molecule has 37 heavy (non-hydrogen) atoms. The molecule has 0 aliphatic rings. The van der Waals surface area contributed by atoms with Crippen molar-refractivity contribution in [2.24, 2.45) is 0 Å². The van der Waals surface area contributed by atoms with E-state index in [1.165, 1.54) is 0 Å². The smallest absolute Gasteiger partial charge is 0.261 e. The van der Waals surface area contributed by atoms with Crippen molar-refractivity contribution in [3.8, 4) is 22.5 Å². The number of aryl methyl sites for hydroxylation is 1. The number of aromatic nitrogens is 6. The molecule has 2 aromatic heterocycles. The minimum absolute atomic E-state index is 0.0755. The fourth-order valence-electron chi connectivity index (χ4n) is 4.60. The Morgan fingerprint density at radius 2 is 1.78 bits per heavy atom. The number of benzene rings is 3. The summed E-state index contributed by atoms with van der Waals surface area (Å²) in [6.45, 7) is 4.48. The molecule has 0 spiro atoms. The van der Waals surface area contributed by atoms with Crippen LogP contribution in [0.5, 0.6) is 0 Å². The van der Waals surface area contributed by atoms with Crippen molar-refractivity contribution in [2.45, 2.75) is 52.2 Å². The van der Waals surface area contributed by atoms with Gasteiger partial charge in [0.2, 0.25) is 0 Å². The van der Waals surface area contributed by atoms with Crippen molar-refractivity contribution in [1.82, 2.24) is 30.2 Å². The molecular formula is C29H30N6O2. The van der Waals surface area contributed by atoms with E-state index < -0.39 is 6.10 Å². The van der Waals surface area contributed by atoms with Crippen LogP contribution < -0.4 is 5.56 Å². The molecule has 0 bridgehead atoms. The molecule has 3 aromatic carbocycles. The van der Waals surface area contributed by atoms with Gasteiger partial charge in [-0.3, -0.25) is 9.36 Å². The SMILES string of the molecule is CCCCc1nc2ccc(C(O)CC)cc2c(=O)n1Cc1ccc(-c2ccccc2-c2nnn[nH]2)cc1. The van der Waals surface area contributed by atoms with Crippen molar-refractivity contribution >= 4 is 10.9 Å². The number of fused-ring (bicyclic) bond motifs is 1. The standard InChI is InChI=1S/C29H30N6O2/c1-3-5-10-27-30-25-16-15-21(26(36)4-2)17-24(25)29(37)35(27)18-19-11-13-20(14-12-19)22-8-6-7-9-23(22)28-31-33-34-32-28/h6-9,11-17,26,36H,3-5,10,18H2,1-2H3,(H,31,32,33,34). The molecule has 0 aliphatic carbocycles. The number of unbranched alkanes of at least 4 members (excludes halogenated alkanes) is 1. The second-order valence-electron chi connectivity index (χ2n) is 9.22. The molecule has 0 saturated heterocycles. The summed E-state index contributed by atoms with van der Waals surface area (Å²) in [7, 11) is 0. The third-order valence-electron chi connectivity index (χ3n) is 6.72. The van der Waals surface area contributed by atoms with Gasteiger partial charge in [-0.25, -0.2) is 10.1 Å². The second kappa shape index (κ2) is 10.8. The van der Waals surface area contributed by atoms with Crippen LogP contribution in [0.3, 0.4) is 0 Å². The number of hydrogen-bond donors (Lipinski definition) is 2. The number of nitrogens with zero attached hydrogens (tertiary/aromatic N) is 5. The van der Waals surface area contributed by atoms with Gasteiger partial charge in [0.25, 0.3) is 5.56 Å². The number of H-pyrrole nitrogens is 1. The minimum Gasteiger partial charge on any atom is -0.388 e. The van der Waals surface area contributed by atoms with Gasteiger partial charge >= 0.3 is 0 Å². The van der Waals surface area contributed by atoms with Crippen molar-refractivity contribution in [3.05, 3.63) is 94.0 Å². The number of aliphatic hydroxyl groups excluding tert-OH is 1. The summed E-state index contributed by atoms with van der Waals surface area (Å²) in [6, 6.07) is 21.7. The number of tetrazole rings is 1. The van der Waals surface area contributed by atoms with E-state index in [1.807, 2.05) is 55.5 Å². The van der Waals surface area contributed by atoms with Crippen molar-refractivity contribution in [1.29, 1.82) is 0 Å². The highest BCUT2D eigenvalue weighted by molar-refractivity contribution is 5.80. The predicted molar refractivity (Wildman–Crippen MR) is 144 cm³/mol. The molecule has 0 saturated carbocycles. The van der Waals surface area contributed by atoms with Crippen molar-refractivity contribution < 1.29 is 5.11 Å². The molecule has 1 atom stereocenters. The highest BCUT2D eigenvalue weighted by Crippen LogP contribution is 2.30. The Kier molecular flexibility index (Phi) is 7.18. The number of aromatic amines is 1. The van der Waals surface area contributed by atoms with Crippen LogP contribution in [0.4, 0.5) is 0 Å². The Bertz CT molecular complexity index is 1560. The maximum Gasteiger partial charge on any atom is 0.261 e. The van der Waals surface area contributed by atoms with E-state index in [9.17, 15) is 9.90 Å². The van der Waals surface area contributed by atoms with Gasteiger partial charge in [-0.15, -0.1) is 5.10 Å². The molecule has 0 amide bonds. The van der Waals surface area contributed by atoms with E-state index in [0.29, 0.717) is 29.7 Å². The normalized spacial score (nSPS) is 12.2. The lowest BCUT2D eigenvalue weighted by atomic mass is 9.98. The first kappa shape index (κ1) is 24.5. The van der Waals surface area contributed by atoms with Gasteiger partial charge in [0.15, 0.2) is 5.82 Å². The summed E-state index contributed by atoms with van der Waals surface area (Å²) in [5.74, 6) is 1.40. The molecule has 5 rings (SSSR count). The molecule has 8 nitrogen and oxygen atoms in total. The van der Waals surface area contributed by atoms with Gasteiger partial charge in [0.05, 0.1) is 23.6 Å². The second-order valence-corrected chi connectivity index (χ2v) is 9.22. The molecule has 0 fully saturated rings. The molecule has 2 N–H and O–H groups in total. The van der Waals surface area contributed by atoms with Gasteiger partial charge in [0.1, 0.15) is 5.82 Å². The van der Waals surface area contributed by atoms with Gasteiger partial charge in [0, 0.05) is 12.0 Å². The number of rotatable bonds is 9. The summed E-state index contributed by atoms with van der Waals surface area (Å²) in [4.78, 5) is 18.5. The molecule has 2 heterocycles. The maximum atomic E-state index is 13.7. The molecule has 5 aromatic rings. The quantitative estimate of drug-likeness (QED) is 0.296. The summed E-state index contributed by atoms with van der Waals surface area (Å²) >= 11 is 0. The molecular weight excluding hydrogens is 464 g/mol.